The van der Waals surface area contributed by atoms with Crippen LogP contribution in [0.3, 0.4) is 0 Å². The van der Waals surface area contributed by atoms with Gasteiger partial charge >= 0.3 is 0 Å². The number of hydrogen-bond acceptors (Lipinski definition) is 3. The van der Waals surface area contributed by atoms with E-state index >= 15 is 0 Å². The van der Waals surface area contributed by atoms with E-state index in [-0.39, 0.29) is 5.91 Å². The first kappa shape index (κ1) is 12.4. The van der Waals surface area contributed by atoms with E-state index in [1.165, 1.54) is 0 Å². The summed E-state index contributed by atoms with van der Waals surface area (Å²) in [5.41, 5.74) is 5.35. The normalized spacial score (nSPS) is 10.5. The van der Waals surface area contributed by atoms with Gasteiger partial charge in [0.2, 0.25) is 5.91 Å². The maximum absolute atomic E-state index is 11.4. The van der Waals surface area contributed by atoms with Crippen LogP contribution in [0, 0.1) is 0 Å². The molecular formula is C9H21N3O. The van der Waals surface area contributed by atoms with Crippen molar-refractivity contribution < 1.29 is 4.79 Å². The second kappa shape index (κ2) is 6.86. The minimum Gasteiger partial charge on any atom is -0.346 e. The first-order valence-corrected chi connectivity index (χ1v) is 4.66. The lowest BCUT2D eigenvalue weighted by atomic mass is 10.3. The summed E-state index contributed by atoms with van der Waals surface area (Å²) >= 11 is 0. The molecule has 0 saturated carbocycles. The average Bonchev–Trinajstić information content (AvgIpc) is 2.10. The van der Waals surface area contributed by atoms with Gasteiger partial charge in [-0.1, -0.05) is 0 Å². The molecule has 0 atom stereocenters. The fraction of sp³-hybridized carbons (Fsp3) is 0.889. The third-order valence-corrected chi connectivity index (χ3v) is 1.90. The van der Waals surface area contributed by atoms with Crippen molar-refractivity contribution in [3.63, 3.8) is 0 Å². The minimum absolute atomic E-state index is 0.196. The summed E-state index contributed by atoms with van der Waals surface area (Å²) in [5.74, 6) is 0.196. The van der Waals surface area contributed by atoms with Crippen LogP contribution in [0.2, 0.25) is 0 Å². The molecule has 0 spiro atoms. The molecule has 0 heterocycles. The highest BCUT2D eigenvalue weighted by Crippen LogP contribution is 1.93. The maximum Gasteiger partial charge on any atom is 0.223 e. The minimum atomic E-state index is 0.196. The van der Waals surface area contributed by atoms with Crippen LogP contribution in [0.1, 0.15) is 12.8 Å². The molecular weight excluding hydrogens is 166 g/mol. The SMILES string of the molecule is CN(C)CCC(=O)N(C)CCCN. The van der Waals surface area contributed by atoms with Gasteiger partial charge in [0.25, 0.3) is 0 Å². The monoisotopic (exact) mass is 187 g/mol. The third kappa shape index (κ3) is 6.54. The lowest BCUT2D eigenvalue weighted by Crippen LogP contribution is -2.31. The van der Waals surface area contributed by atoms with E-state index in [1.54, 1.807) is 4.90 Å². The molecule has 13 heavy (non-hydrogen) atoms. The summed E-state index contributed by atoms with van der Waals surface area (Å²) in [4.78, 5) is 15.2. The molecule has 0 rings (SSSR count). The van der Waals surface area contributed by atoms with Crippen LogP contribution in [0.4, 0.5) is 0 Å². The molecule has 0 fully saturated rings. The standard InChI is InChI=1S/C9H21N3O/c1-11(2)8-5-9(13)12(3)7-4-6-10/h4-8,10H2,1-3H3. The molecule has 0 aromatic heterocycles. The third-order valence-electron chi connectivity index (χ3n) is 1.90. The van der Waals surface area contributed by atoms with E-state index in [2.05, 4.69) is 0 Å². The highest BCUT2D eigenvalue weighted by atomic mass is 16.2. The summed E-state index contributed by atoms with van der Waals surface area (Å²) in [6, 6.07) is 0. The largest absolute Gasteiger partial charge is 0.346 e. The van der Waals surface area contributed by atoms with Gasteiger partial charge in [-0.25, -0.2) is 0 Å². The van der Waals surface area contributed by atoms with E-state index in [1.807, 2.05) is 26.0 Å². The zero-order valence-corrected chi connectivity index (χ0v) is 8.92. The van der Waals surface area contributed by atoms with Gasteiger partial charge in [-0.3, -0.25) is 4.79 Å². The highest BCUT2D eigenvalue weighted by molar-refractivity contribution is 5.75. The topological polar surface area (TPSA) is 49.6 Å². The molecule has 1 amide bonds. The van der Waals surface area contributed by atoms with Crippen molar-refractivity contribution in [1.29, 1.82) is 0 Å². The van der Waals surface area contributed by atoms with Crippen molar-refractivity contribution in [2.75, 3.05) is 40.8 Å². The van der Waals surface area contributed by atoms with Crippen LogP contribution < -0.4 is 5.73 Å². The maximum atomic E-state index is 11.4. The first-order chi connectivity index (χ1) is 6.07. The van der Waals surface area contributed by atoms with Crippen LogP contribution in [-0.4, -0.2) is 56.5 Å². The molecule has 0 aromatic carbocycles. The van der Waals surface area contributed by atoms with Crippen molar-refractivity contribution >= 4 is 5.91 Å². The quantitative estimate of drug-likeness (QED) is 0.623. The number of nitrogens with zero attached hydrogens (tertiary/aromatic N) is 2. The lowest BCUT2D eigenvalue weighted by Gasteiger charge is -2.17. The Hall–Kier alpha value is -0.610. The van der Waals surface area contributed by atoms with E-state index in [0.29, 0.717) is 13.0 Å². The average molecular weight is 187 g/mol. The predicted molar refractivity (Wildman–Crippen MR) is 54.5 cm³/mol. The van der Waals surface area contributed by atoms with Gasteiger partial charge in [-0.2, -0.15) is 0 Å². The molecule has 0 bridgehead atoms. The number of hydrogen-bond donors (Lipinski definition) is 1. The Bertz CT molecular complexity index is 148. The van der Waals surface area contributed by atoms with E-state index in [9.17, 15) is 4.79 Å². The van der Waals surface area contributed by atoms with Crippen LogP contribution in [0.5, 0.6) is 0 Å². The van der Waals surface area contributed by atoms with E-state index < -0.39 is 0 Å². The van der Waals surface area contributed by atoms with Crippen LogP contribution in [-0.2, 0) is 4.79 Å². The molecule has 0 saturated heterocycles. The molecule has 0 aliphatic rings. The van der Waals surface area contributed by atoms with Gasteiger partial charge in [-0.05, 0) is 27.1 Å². The van der Waals surface area contributed by atoms with E-state index in [0.717, 1.165) is 19.5 Å². The molecule has 0 unspecified atom stereocenters. The van der Waals surface area contributed by atoms with Gasteiger partial charge in [0.05, 0.1) is 0 Å². The van der Waals surface area contributed by atoms with Gasteiger partial charge in [0.1, 0.15) is 0 Å². The Morgan fingerprint density at radius 1 is 1.23 bits per heavy atom. The Balaban J connectivity index is 3.57. The lowest BCUT2D eigenvalue weighted by molar-refractivity contribution is -0.130. The first-order valence-electron chi connectivity index (χ1n) is 4.66. The number of carbonyl (C=O) groups excluding carboxylic acids is 1. The zero-order chi connectivity index (χ0) is 10.3. The summed E-state index contributed by atoms with van der Waals surface area (Å²) in [6.07, 6.45) is 1.47. The molecule has 0 aromatic rings. The number of amides is 1. The Morgan fingerprint density at radius 3 is 2.31 bits per heavy atom. The fourth-order valence-corrected chi connectivity index (χ4v) is 0.963. The van der Waals surface area contributed by atoms with Gasteiger partial charge in [-0.15, -0.1) is 0 Å². The smallest absolute Gasteiger partial charge is 0.223 e. The number of nitrogens with two attached hydrogens (primary N) is 1. The fourth-order valence-electron chi connectivity index (χ4n) is 0.963. The summed E-state index contributed by atoms with van der Waals surface area (Å²) in [6.45, 7) is 2.22. The second-order valence-electron chi connectivity index (χ2n) is 3.51. The van der Waals surface area contributed by atoms with Crippen LogP contribution in [0.25, 0.3) is 0 Å². The molecule has 78 valence electrons. The molecule has 4 heteroatoms. The summed E-state index contributed by atoms with van der Waals surface area (Å²) < 4.78 is 0. The highest BCUT2D eigenvalue weighted by Gasteiger charge is 2.07. The summed E-state index contributed by atoms with van der Waals surface area (Å²) in [5, 5.41) is 0. The van der Waals surface area contributed by atoms with Gasteiger partial charge < -0.3 is 15.5 Å². The van der Waals surface area contributed by atoms with Crippen molar-refractivity contribution in [3.8, 4) is 0 Å². The number of carbonyl (C=O) groups is 1. The van der Waals surface area contributed by atoms with Gasteiger partial charge in [0.15, 0.2) is 0 Å². The van der Waals surface area contributed by atoms with Crippen molar-refractivity contribution in [2.45, 2.75) is 12.8 Å². The van der Waals surface area contributed by atoms with Crippen molar-refractivity contribution in [1.82, 2.24) is 9.80 Å². The Morgan fingerprint density at radius 2 is 1.85 bits per heavy atom. The van der Waals surface area contributed by atoms with Crippen LogP contribution >= 0.6 is 0 Å². The molecule has 0 aliphatic heterocycles. The molecule has 4 nitrogen and oxygen atoms in total. The molecule has 0 radical (unpaired) electrons. The predicted octanol–water partition coefficient (Wildman–Crippen LogP) is -0.255. The van der Waals surface area contributed by atoms with Crippen molar-refractivity contribution in [2.24, 2.45) is 5.73 Å². The molecule has 0 aliphatic carbocycles. The van der Waals surface area contributed by atoms with Crippen molar-refractivity contribution in [3.05, 3.63) is 0 Å². The second-order valence-corrected chi connectivity index (χ2v) is 3.51. The summed E-state index contributed by atoms with van der Waals surface area (Å²) in [7, 11) is 5.76. The Labute approximate surface area is 80.7 Å². The Kier molecular flexibility index (Phi) is 6.54. The zero-order valence-electron chi connectivity index (χ0n) is 8.92. The van der Waals surface area contributed by atoms with E-state index in [4.69, 9.17) is 5.73 Å². The van der Waals surface area contributed by atoms with Gasteiger partial charge in [0, 0.05) is 26.6 Å². The van der Waals surface area contributed by atoms with Crippen LogP contribution in [0.15, 0.2) is 0 Å². The molecule has 2 N–H and O–H groups in total. The number of rotatable bonds is 6.